The van der Waals surface area contributed by atoms with Crippen LogP contribution in [0.3, 0.4) is 0 Å². The molecule has 3 aromatic rings. The molecular weight excluding hydrogens is 478 g/mol. The molecule has 8 nitrogen and oxygen atoms in total. The number of amides is 1. The molecule has 0 aliphatic carbocycles. The second-order valence-electron chi connectivity index (χ2n) is 8.57. The molecule has 0 saturated heterocycles. The first-order chi connectivity index (χ1) is 17.2. The van der Waals surface area contributed by atoms with Crippen LogP contribution in [0.15, 0.2) is 82.8 Å². The van der Waals surface area contributed by atoms with E-state index in [9.17, 15) is 13.2 Å². The molecule has 0 fully saturated rings. The van der Waals surface area contributed by atoms with Crippen molar-refractivity contribution in [1.82, 2.24) is 10.1 Å². The van der Waals surface area contributed by atoms with Crippen LogP contribution in [0, 0.1) is 12.8 Å². The van der Waals surface area contributed by atoms with Gasteiger partial charge in [-0.3, -0.25) is 4.79 Å². The summed E-state index contributed by atoms with van der Waals surface area (Å²) < 4.78 is 39.3. The summed E-state index contributed by atoms with van der Waals surface area (Å²) in [6.07, 6.45) is 1.45. The Morgan fingerprint density at radius 3 is 2.33 bits per heavy atom. The number of nitrogens with zero attached hydrogens (tertiary/aromatic N) is 1. The summed E-state index contributed by atoms with van der Waals surface area (Å²) in [4.78, 5) is 12.8. The minimum absolute atomic E-state index is 0.0942. The molecule has 3 rings (SSSR count). The van der Waals surface area contributed by atoms with E-state index in [1.54, 1.807) is 51.3 Å². The lowest BCUT2D eigenvalue weighted by Gasteiger charge is -2.20. The minimum Gasteiger partial charge on any atom is -0.493 e. The summed E-state index contributed by atoms with van der Waals surface area (Å²) in [6, 6.07) is 20.5. The van der Waals surface area contributed by atoms with Gasteiger partial charge in [-0.15, -0.1) is 0 Å². The predicted octanol–water partition coefficient (Wildman–Crippen LogP) is 4.04. The first-order valence-corrected chi connectivity index (χ1v) is 12.9. The number of carbonyl (C=O) groups is 1. The summed E-state index contributed by atoms with van der Waals surface area (Å²) >= 11 is 0. The first kappa shape index (κ1) is 26.9. The molecule has 0 saturated carbocycles. The number of methoxy groups -OCH3 is 1. The summed E-state index contributed by atoms with van der Waals surface area (Å²) in [7, 11) is -2.33. The lowest BCUT2D eigenvalue weighted by atomic mass is 10.1. The third-order valence-corrected chi connectivity index (χ3v) is 6.83. The molecule has 3 aromatic carbocycles. The minimum atomic E-state index is -3.88. The van der Waals surface area contributed by atoms with Crippen molar-refractivity contribution in [2.24, 2.45) is 11.0 Å². The number of sulfonamides is 1. The Morgan fingerprint density at radius 2 is 1.69 bits per heavy atom. The van der Waals surface area contributed by atoms with Crippen LogP contribution in [0.2, 0.25) is 0 Å². The highest BCUT2D eigenvalue weighted by atomic mass is 32.2. The average Bonchev–Trinajstić information content (AvgIpc) is 2.87. The van der Waals surface area contributed by atoms with E-state index in [0.29, 0.717) is 23.7 Å². The van der Waals surface area contributed by atoms with Crippen molar-refractivity contribution >= 4 is 22.1 Å². The topological polar surface area (TPSA) is 106 Å². The van der Waals surface area contributed by atoms with Gasteiger partial charge >= 0.3 is 0 Å². The number of hydrogen-bond acceptors (Lipinski definition) is 6. The number of hydrazone groups is 1. The molecule has 0 bridgehead atoms. The number of nitrogens with one attached hydrogen (secondary N) is 2. The average molecular weight is 510 g/mol. The van der Waals surface area contributed by atoms with Crippen LogP contribution in [0.4, 0.5) is 0 Å². The first-order valence-electron chi connectivity index (χ1n) is 11.5. The predicted molar refractivity (Wildman–Crippen MR) is 140 cm³/mol. The Balaban J connectivity index is 1.64. The van der Waals surface area contributed by atoms with E-state index in [1.807, 2.05) is 37.3 Å². The lowest BCUT2D eigenvalue weighted by Crippen LogP contribution is -2.48. The molecule has 0 aliphatic heterocycles. The van der Waals surface area contributed by atoms with Crippen LogP contribution in [-0.4, -0.2) is 33.7 Å². The summed E-state index contributed by atoms with van der Waals surface area (Å²) in [5, 5.41) is 4.00. The van der Waals surface area contributed by atoms with Crippen molar-refractivity contribution in [2.75, 3.05) is 7.11 Å². The number of ether oxygens (including phenoxy) is 2. The van der Waals surface area contributed by atoms with Gasteiger partial charge in [0.25, 0.3) is 5.91 Å². The molecular formula is C27H31N3O5S. The largest absolute Gasteiger partial charge is 0.493 e. The van der Waals surface area contributed by atoms with E-state index in [2.05, 4.69) is 15.2 Å². The van der Waals surface area contributed by atoms with E-state index in [4.69, 9.17) is 9.47 Å². The Labute approximate surface area is 212 Å². The van der Waals surface area contributed by atoms with Crippen LogP contribution in [-0.2, 0) is 21.4 Å². The molecule has 0 aliphatic rings. The zero-order valence-electron chi connectivity index (χ0n) is 20.8. The monoisotopic (exact) mass is 509 g/mol. The molecule has 36 heavy (non-hydrogen) atoms. The van der Waals surface area contributed by atoms with Crippen molar-refractivity contribution < 1.29 is 22.7 Å². The van der Waals surface area contributed by atoms with Crippen molar-refractivity contribution in [1.29, 1.82) is 0 Å². The van der Waals surface area contributed by atoms with Crippen LogP contribution in [0.1, 0.15) is 30.5 Å². The highest BCUT2D eigenvalue weighted by Gasteiger charge is 2.28. The zero-order valence-corrected chi connectivity index (χ0v) is 21.6. The summed E-state index contributed by atoms with van der Waals surface area (Å²) in [5.74, 6) is 0.230. The fourth-order valence-electron chi connectivity index (χ4n) is 3.30. The molecule has 0 radical (unpaired) electrons. The lowest BCUT2D eigenvalue weighted by molar-refractivity contribution is -0.123. The molecule has 0 heterocycles. The summed E-state index contributed by atoms with van der Waals surface area (Å²) in [6.45, 7) is 5.78. The molecule has 1 amide bonds. The summed E-state index contributed by atoms with van der Waals surface area (Å²) in [5.41, 5.74) is 5.06. The SMILES string of the molecule is COc1cc(/C=N\NC(=O)[C@H](NS(=O)(=O)c2ccc(C)cc2)C(C)C)ccc1OCc1ccccc1. The fourth-order valence-corrected chi connectivity index (χ4v) is 4.65. The Bertz CT molecular complexity index is 1290. The van der Waals surface area contributed by atoms with Gasteiger partial charge in [0, 0.05) is 0 Å². The van der Waals surface area contributed by atoms with E-state index in [0.717, 1.165) is 11.1 Å². The van der Waals surface area contributed by atoms with Crippen LogP contribution < -0.4 is 19.6 Å². The van der Waals surface area contributed by atoms with Crippen molar-refractivity contribution in [3.05, 3.63) is 89.5 Å². The van der Waals surface area contributed by atoms with Gasteiger partial charge in [0.2, 0.25) is 10.0 Å². The van der Waals surface area contributed by atoms with Gasteiger partial charge in [-0.2, -0.15) is 9.82 Å². The van der Waals surface area contributed by atoms with Crippen LogP contribution in [0.5, 0.6) is 11.5 Å². The van der Waals surface area contributed by atoms with E-state index < -0.39 is 22.0 Å². The van der Waals surface area contributed by atoms with E-state index >= 15 is 0 Å². The standard InChI is InChI=1S/C27H31N3O5S/c1-19(2)26(30-36(32,33)23-13-10-20(3)11-14-23)27(31)29-28-17-22-12-15-24(25(16-22)34-4)35-18-21-8-6-5-7-9-21/h5-17,19,26,30H,18H2,1-4H3,(H,29,31)/b28-17-/t26-/m1/s1. The second kappa shape index (κ2) is 12.3. The Morgan fingerprint density at radius 1 is 1.00 bits per heavy atom. The molecule has 0 spiro atoms. The maximum Gasteiger partial charge on any atom is 0.258 e. The number of hydrogen-bond donors (Lipinski definition) is 2. The smallest absolute Gasteiger partial charge is 0.258 e. The van der Waals surface area contributed by atoms with Crippen molar-refractivity contribution in [3.8, 4) is 11.5 Å². The highest BCUT2D eigenvalue weighted by molar-refractivity contribution is 7.89. The van der Waals surface area contributed by atoms with E-state index in [-0.39, 0.29) is 10.8 Å². The van der Waals surface area contributed by atoms with Gasteiger partial charge in [-0.25, -0.2) is 13.8 Å². The van der Waals surface area contributed by atoms with Gasteiger partial charge in [-0.1, -0.05) is 61.9 Å². The molecule has 2 N–H and O–H groups in total. The van der Waals surface area contributed by atoms with Crippen LogP contribution in [0.25, 0.3) is 0 Å². The van der Waals surface area contributed by atoms with Gasteiger partial charge in [-0.05, 0) is 54.3 Å². The molecule has 0 aromatic heterocycles. The fraction of sp³-hybridized carbons (Fsp3) is 0.259. The third-order valence-electron chi connectivity index (χ3n) is 5.38. The number of carbonyl (C=O) groups excluding carboxylic acids is 1. The zero-order chi connectivity index (χ0) is 26.1. The third kappa shape index (κ3) is 7.40. The van der Waals surface area contributed by atoms with Crippen molar-refractivity contribution in [3.63, 3.8) is 0 Å². The maximum atomic E-state index is 12.7. The molecule has 0 unspecified atom stereocenters. The molecule has 1 atom stereocenters. The quantitative estimate of drug-likeness (QED) is 0.300. The van der Waals surface area contributed by atoms with Crippen LogP contribution >= 0.6 is 0 Å². The van der Waals surface area contributed by atoms with E-state index in [1.165, 1.54) is 18.3 Å². The van der Waals surface area contributed by atoms with Gasteiger partial charge in [0.15, 0.2) is 11.5 Å². The van der Waals surface area contributed by atoms with Gasteiger partial charge < -0.3 is 9.47 Å². The molecule has 9 heteroatoms. The Hall–Kier alpha value is -3.69. The number of aryl methyl sites for hydroxylation is 1. The normalized spacial score (nSPS) is 12.5. The van der Waals surface area contributed by atoms with Gasteiger partial charge in [0.05, 0.1) is 18.2 Å². The highest BCUT2D eigenvalue weighted by Crippen LogP contribution is 2.28. The maximum absolute atomic E-state index is 12.7. The number of benzene rings is 3. The second-order valence-corrected chi connectivity index (χ2v) is 10.3. The molecule has 190 valence electrons. The Kier molecular flexibility index (Phi) is 9.21. The van der Waals surface area contributed by atoms with Gasteiger partial charge in [0.1, 0.15) is 12.6 Å². The van der Waals surface area contributed by atoms with Crippen molar-refractivity contribution in [2.45, 2.75) is 38.3 Å². The number of rotatable bonds is 11.